The molecule has 1 fully saturated rings. The van der Waals surface area contributed by atoms with E-state index in [1.165, 1.54) is 12.8 Å². The fraction of sp³-hybridized carbons (Fsp3) is 0.615. The van der Waals surface area contributed by atoms with Crippen LogP contribution >= 0.6 is 0 Å². The Hall–Kier alpha value is -1.25. The molecule has 0 saturated heterocycles. The summed E-state index contributed by atoms with van der Waals surface area (Å²) < 4.78 is 0. The van der Waals surface area contributed by atoms with Gasteiger partial charge in [-0.05, 0) is 45.1 Å². The third-order valence-electron chi connectivity index (χ3n) is 3.20. The number of aryl methyl sites for hydroxylation is 1. The second kappa shape index (κ2) is 4.32. The largest absolute Gasteiger partial charge is 0.398 e. The van der Waals surface area contributed by atoms with E-state index in [0.29, 0.717) is 6.04 Å². The maximum absolute atomic E-state index is 5.94. The highest BCUT2D eigenvalue weighted by atomic mass is 15.2. The summed E-state index contributed by atoms with van der Waals surface area (Å²) in [5.41, 5.74) is 7.83. The predicted octanol–water partition coefficient (Wildman–Crippen LogP) is 2.60. The maximum Gasteiger partial charge on any atom is 0.130 e. The highest BCUT2D eigenvalue weighted by molar-refractivity contribution is 5.55. The Balaban J connectivity index is 2.19. The van der Waals surface area contributed by atoms with Crippen molar-refractivity contribution < 1.29 is 0 Å². The van der Waals surface area contributed by atoms with Gasteiger partial charge in [-0.15, -0.1) is 0 Å². The first-order chi connectivity index (χ1) is 7.58. The Morgan fingerprint density at radius 3 is 2.69 bits per heavy atom. The molecule has 1 heterocycles. The smallest absolute Gasteiger partial charge is 0.130 e. The molecule has 1 aromatic rings. The van der Waals surface area contributed by atoms with E-state index in [1.807, 2.05) is 19.2 Å². The molecule has 1 aromatic heterocycles. The van der Waals surface area contributed by atoms with Crippen molar-refractivity contribution in [2.45, 2.75) is 39.7 Å². The van der Waals surface area contributed by atoms with Gasteiger partial charge in [0.25, 0.3) is 0 Å². The molecule has 0 aromatic carbocycles. The number of rotatable bonds is 4. The average Bonchev–Trinajstić information content (AvgIpc) is 3.02. The molecule has 0 amide bonds. The molecule has 1 aliphatic carbocycles. The Bertz CT molecular complexity index is 369. The van der Waals surface area contributed by atoms with Crippen LogP contribution in [0, 0.1) is 12.8 Å². The quantitative estimate of drug-likeness (QED) is 0.846. The molecule has 1 saturated carbocycles. The van der Waals surface area contributed by atoms with Crippen LogP contribution in [0.4, 0.5) is 11.5 Å². The number of nitrogens with two attached hydrogens (primary N) is 1. The molecule has 2 N–H and O–H groups in total. The van der Waals surface area contributed by atoms with Crippen molar-refractivity contribution in [1.82, 2.24) is 4.98 Å². The van der Waals surface area contributed by atoms with Crippen LogP contribution in [0.1, 0.15) is 32.3 Å². The van der Waals surface area contributed by atoms with E-state index in [4.69, 9.17) is 5.73 Å². The Morgan fingerprint density at radius 1 is 1.50 bits per heavy atom. The summed E-state index contributed by atoms with van der Waals surface area (Å²) in [6, 6.07) is 2.48. The lowest BCUT2D eigenvalue weighted by Gasteiger charge is -2.28. The van der Waals surface area contributed by atoms with Gasteiger partial charge in [-0.25, -0.2) is 4.98 Å². The number of aromatic nitrogens is 1. The van der Waals surface area contributed by atoms with Crippen molar-refractivity contribution >= 4 is 11.5 Å². The Kier molecular flexibility index (Phi) is 3.03. The number of nitrogens with zero attached hydrogens (tertiary/aromatic N) is 2. The van der Waals surface area contributed by atoms with E-state index < -0.39 is 0 Å². The molecule has 0 atom stereocenters. The van der Waals surface area contributed by atoms with E-state index in [2.05, 4.69) is 23.7 Å². The Morgan fingerprint density at radius 2 is 2.19 bits per heavy atom. The zero-order chi connectivity index (χ0) is 11.7. The molecule has 2 rings (SSSR count). The molecule has 0 aliphatic heterocycles. The van der Waals surface area contributed by atoms with Crippen molar-refractivity contribution in [3.8, 4) is 0 Å². The molecule has 16 heavy (non-hydrogen) atoms. The van der Waals surface area contributed by atoms with Crippen LogP contribution in [-0.2, 0) is 0 Å². The normalized spacial score (nSPS) is 15.5. The zero-order valence-electron chi connectivity index (χ0n) is 10.4. The standard InChI is InChI=1S/C13H21N3/c1-9(2)16(8-11-4-5-11)13-6-12(14)10(3)7-15-13/h6-7,9,11H,4-5,8H2,1-3H3,(H2,14,15). The monoisotopic (exact) mass is 219 g/mol. The molecule has 0 radical (unpaired) electrons. The number of pyridine rings is 1. The van der Waals surface area contributed by atoms with Gasteiger partial charge in [0.1, 0.15) is 5.82 Å². The molecule has 0 spiro atoms. The fourth-order valence-electron chi connectivity index (χ4n) is 1.83. The highest BCUT2D eigenvalue weighted by Gasteiger charge is 2.26. The van der Waals surface area contributed by atoms with Crippen molar-refractivity contribution in [3.05, 3.63) is 17.8 Å². The summed E-state index contributed by atoms with van der Waals surface area (Å²) in [6.45, 7) is 7.53. The third-order valence-corrected chi connectivity index (χ3v) is 3.20. The molecule has 88 valence electrons. The summed E-state index contributed by atoms with van der Waals surface area (Å²) in [6.07, 6.45) is 4.60. The average molecular weight is 219 g/mol. The van der Waals surface area contributed by atoms with Gasteiger partial charge in [0.2, 0.25) is 0 Å². The van der Waals surface area contributed by atoms with Gasteiger partial charge in [0.05, 0.1) is 0 Å². The minimum absolute atomic E-state index is 0.482. The van der Waals surface area contributed by atoms with Gasteiger partial charge in [-0.2, -0.15) is 0 Å². The van der Waals surface area contributed by atoms with Crippen LogP contribution in [0.2, 0.25) is 0 Å². The SMILES string of the molecule is Cc1cnc(N(CC2CC2)C(C)C)cc1N. The van der Waals surface area contributed by atoms with E-state index in [9.17, 15) is 0 Å². The number of hydrogen-bond donors (Lipinski definition) is 1. The van der Waals surface area contributed by atoms with Crippen LogP contribution < -0.4 is 10.6 Å². The van der Waals surface area contributed by atoms with Crippen molar-refractivity contribution in [2.75, 3.05) is 17.2 Å². The summed E-state index contributed by atoms with van der Waals surface area (Å²) in [5, 5.41) is 0. The minimum Gasteiger partial charge on any atom is -0.398 e. The van der Waals surface area contributed by atoms with E-state index >= 15 is 0 Å². The first-order valence-corrected chi connectivity index (χ1v) is 6.06. The van der Waals surface area contributed by atoms with Crippen LogP contribution in [-0.4, -0.2) is 17.6 Å². The number of anilines is 2. The molecular formula is C13H21N3. The van der Waals surface area contributed by atoms with Gasteiger partial charge in [0, 0.05) is 30.5 Å². The van der Waals surface area contributed by atoms with Crippen LogP contribution in [0.5, 0.6) is 0 Å². The minimum atomic E-state index is 0.482. The molecule has 0 unspecified atom stereocenters. The number of hydrogen-bond acceptors (Lipinski definition) is 3. The number of nitrogen functional groups attached to an aromatic ring is 1. The summed E-state index contributed by atoms with van der Waals surface area (Å²) in [7, 11) is 0. The second-order valence-electron chi connectivity index (χ2n) is 5.09. The van der Waals surface area contributed by atoms with Gasteiger partial charge in [0.15, 0.2) is 0 Å². The maximum atomic E-state index is 5.94. The first kappa shape index (κ1) is 11.2. The zero-order valence-corrected chi connectivity index (χ0v) is 10.4. The van der Waals surface area contributed by atoms with E-state index in [0.717, 1.165) is 29.5 Å². The van der Waals surface area contributed by atoms with Crippen molar-refractivity contribution in [2.24, 2.45) is 5.92 Å². The van der Waals surface area contributed by atoms with Gasteiger partial charge in [-0.1, -0.05) is 0 Å². The summed E-state index contributed by atoms with van der Waals surface area (Å²) >= 11 is 0. The van der Waals surface area contributed by atoms with Crippen LogP contribution in [0.3, 0.4) is 0 Å². The van der Waals surface area contributed by atoms with E-state index in [-0.39, 0.29) is 0 Å². The molecular weight excluding hydrogens is 198 g/mol. The predicted molar refractivity (Wildman–Crippen MR) is 68.6 cm³/mol. The summed E-state index contributed by atoms with van der Waals surface area (Å²) in [4.78, 5) is 6.84. The third kappa shape index (κ3) is 2.46. The lowest BCUT2D eigenvalue weighted by molar-refractivity contribution is 0.637. The van der Waals surface area contributed by atoms with Gasteiger partial charge in [-0.3, -0.25) is 0 Å². The molecule has 3 nitrogen and oxygen atoms in total. The first-order valence-electron chi connectivity index (χ1n) is 6.06. The Labute approximate surface area is 97.7 Å². The topological polar surface area (TPSA) is 42.2 Å². The fourth-order valence-corrected chi connectivity index (χ4v) is 1.83. The summed E-state index contributed by atoms with van der Waals surface area (Å²) in [5.74, 6) is 1.89. The molecule has 3 heteroatoms. The lowest BCUT2D eigenvalue weighted by atomic mass is 10.2. The van der Waals surface area contributed by atoms with Gasteiger partial charge >= 0.3 is 0 Å². The van der Waals surface area contributed by atoms with Crippen LogP contribution in [0.25, 0.3) is 0 Å². The van der Waals surface area contributed by atoms with E-state index in [1.54, 1.807) is 0 Å². The lowest BCUT2D eigenvalue weighted by Crippen LogP contribution is -2.33. The highest BCUT2D eigenvalue weighted by Crippen LogP contribution is 2.32. The van der Waals surface area contributed by atoms with Crippen molar-refractivity contribution in [1.29, 1.82) is 0 Å². The molecule has 1 aliphatic rings. The molecule has 0 bridgehead atoms. The second-order valence-corrected chi connectivity index (χ2v) is 5.09. The van der Waals surface area contributed by atoms with Crippen molar-refractivity contribution in [3.63, 3.8) is 0 Å². The van der Waals surface area contributed by atoms with Crippen LogP contribution in [0.15, 0.2) is 12.3 Å². The van der Waals surface area contributed by atoms with Gasteiger partial charge < -0.3 is 10.6 Å².